The third-order valence-electron chi connectivity index (χ3n) is 4.46. The highest BCUT2D eigenvalue weighted by atomic mass is 35.5. The maximum absolute atomic E-state index is 12.6. The zero-order valence-electron chi connectivity index (χ0n) is 15.0. The fourth-order valence-electron chi connectivity index (χ4n) is 3.04. The fourth-order valence-corrected chi connectivity index (χ4v) is 3.20. The number of hydrogen-bond donors (Lipinski definition) is 2. The summed E-state index contributed by atoms with van der Waals surface area (Å²) in [6.07, 6.45) is 7.33. The first-order valence-corrected chi connectivity index (χ1v) is 9.23. The molecular formula is C19H21ClN4O3. The van der Waals surface area contributed by atoms with Crippen molar-refractivity contribution in [1.82, 2.24) is 9.97 Å². The average molecular weight is 389 g/mol. The normalized spacial score (nSPS) is 14.4. The Labute approximate surface area is 162 Å². The van der Waals surface area contributed by atoms with Crippen molar-refractivity contribution in [3.05, 3.63) is 46.7 Å². The molecule has 1 heterocycles. The van der Waals surface area contributed by atoms with Crippen LogP contribution in [-0.2, 0) is 4.74 Å². The molecule has 1 aromatic carbocycles. The predicted molar refractivity (Wildman–Crippen MR) is 103 cm³/mol. The highest BCUT2D eigenvalue weighted by Crippen LogP contribution is 2.24. The van der Waals surface area contributed by atoms with E-state index < -0.39 is 11.9 Å². The largest absolute Gasteiger partial charge is 0.465 e. The van der Waals surface area contributed by atoms with Crippen LogP contribution < -0.4 is 10.6 Å². The predicted octanol–water partition coefficient (Wildman–Crippen LogP) is 3.91. The number of halogens is 1. The van der Waals surface area contributed by atoms with Gasteiger partial charge in [0.05, 0.1) is 23.4 Å². The highest BCUT2D eigenvalue weighted by molar-refractivity contribution is 6.34. The molecule has 7 nitrogen and oxygen atoms in total. The Kier molecular flexibility index (Phi) is 6.24. The summed E-state index contributed by atoms with van der Waals surface area (Å²) in [5, 5.41) is 6.28. The molecule has 1 aliphatic rings. The summed E-state index contributed by atoms with van der Waals surface area (Å²) in [5.74, 6) is -0.514. The summed E-state index contributed by atoms with van der Waals surface area (Å²) < 4.78 is 4.69. The molecule has 1 saturated carbocycles. The van der Waals surface area contributed by atoms with Crippen LogP contribution in [0.3, 0.4) is 0 Å². The summed E-state index contributed by atoms with van der Waals surface area (Å²) in [5.41, 5.74) is 0.812. The molecule has 8 heteroatoms. The summed E-state index contributed by atoms with van der Waals surface area (Å²) in [6, 6.07) is 6.39. The average Bonchev–Trinajstić information content (AvgIpc) is 2.70. The molecule has 0 atom stereocenters. The summed E-state index contributed by atoms with van der Waals surface area (Å²) in [4.78, 5) is 32.7. The van der Waals surface area contributed by atoms with Crippen LogP contribution in [0.25, 0.3) is 0 Å². The minimum Gasteiger partial charge on any atom is -0.465 e. The van der Waals surface area contributed by atoms with E-state index in [9.17, 15) is 9.59 Å². The second-order valence-corrected chi connectivity index (χ2v) is 6.79. The zero-order chi connectivity index (χ0) is 19.2. The molecule has 1 fully saturated rings. The van der Waals surface area contributed by atoms with Crippen LogP contribution in [0.2, 0.25) is 5.02 Å². The van der Waals surface area contributed by atoms with Gasteiger partial charge in [-0.25, -0.2) is 14.8 Å². The van der Waals surface area contributed by atoms with Gasteiger partial charge in [0.1, 0.15) is 5.69 Å². The lowest BCUT2D eigenvalue weighted by atomic mass is 9.96. The SMILES string of the molecule is COC(=O)c1ccc(Cl)c(NC(=O)c2ccnc(NC3CCCCC3)n2)c1. The molecule has 0 saturated heterocycles. The minimum atomic E-state index is -0.511. The van der Waals surface area contributed by atoms with E-state index >= 15 is 0 Å². The fraction of sp³-hybridized carbons (Fsp3) is 0.368. The Balaban J connectivity index is 1.72. The second-order valence-electron chi connectivity index (χ2n) is 6.39. The number of ether oxygens (including phenoxy) is 1. The van der Waals surface area contributed by atoms with Crippen LogP contribution in [-0.4, -0.2) is 35.0 Å². The quantitative estimate of drug-likeness (QED) is 0.754. The first kappa shape index (κ1) is 19.1. The molecule has 3 rings (SSSR count). The number of methoxy groups -OCH3 is 1. The zero-order valence-corrected chi connectivity index (χ0v) is 15.8. The molecule has 0 bridgehead atoms. The van der Waals surface area contributed by atoms with Crippen LogP contribution in [0.4, 0.5) is 11.6 Å². The minimum absolute atomic E-state index is 0.211. The third kappa shape index (κ3) is 4.95. The number of amides is 1. The van der Waals surface area contributed by atoms with Crippen LogP contribution in [0.1, 0.15) is 53.0 Å². The van der Waals surface area contributed by atoms with Gasteiger partial charge in [0.25, 0.3) is 5.91 Å². The lowest BCUT2D eigenvalue weighted by molar-refractivity contribution is 0.0600. The summed E-state index contributed by atoms with van der Waals surface area (Å²) in [7, 11) is 1.29. The van der Waals surface area contributed by atoms with E-state index in [1.54, 1.807) is 6.20 Å². The van der Waals surface area contributed by atoms with E-state index in [0.717, 1.165) is 12.8 Å². The molecule has 1 aliphatic carbocycles. The Hall–Kier alpha value is -2.67. The van der Waals surface area contributed by atoms with Gasteiger partial charge in [0.15, 0.2) is 0 Å². The van der Waals surface area contributed by atoms with E-state index in [1.165, 1.54) is 50.6 Å². The summed E-state index contributed by atoms with van der Waals surface area (Å²) >= 11 is 6.12. The summed E-state index contributed by atoms with van der Waals surface area (Å²) in [6.45, 7) is 0. The van der Waals surface area contributed by atoms with Gasteiger partial charge in [-0.3, -0.25) is 4.79 Å². The van der Waals surface area contributed by atoms with Gasteiger partial charge in [-0.15, -0.1) is 0 Å². The molecule has 1 amide bonds. The molecule has 0 spiro atoms. The number of anilines is 2. The molecule has 27 heavy (non-hydrogen) atoms. The number of nitrogens with zero attached hydrogens (tertiary/aromatic N) is 2. The van der Waals surface area contributed by atoms with Crippen molar-refractivity contribution in [2.45, 2.75) is 38.1 Å². The molecule has 1 aromatic heterocycles. The highest BCUT2D eigenvalue weighted by Gasteiger charge is 2.17. The van der Waals surface area contributed by atoms with Crippen molar-refractivity contribution in [3.63, 3.8) is 0 Å². The smallest absolute Gasteiger partial charge is 0.337 e. The maximum Gasteiger partial charge on any atom is 0.337 e. The van der Waals surface area contributed by atoms with Crippen molar-refractivity contribution in [3.8, 4) is 0 Å². The number of hydrogen-bond acceptors (Lipinski definition) is 6. The Bertz CT molecular complexity index is 837. The molecule has 0 aliphatic heterocycles. The third-order valence-corrected chi connectivity index (χ3v) is 4.79. The van der Waals surface area contributed by atoms with Crippen LogP contribution in [0, 0.1) is 0 Å². The second kappa shape index (κ2) is 8.81. The van der Waals surface area contributed by atoms with Crippen molar-refractivity contribution in [1.29, 1.82) is 0 Å². The lowest BCUT2D eigenvalue weighted by Gasteiger charge is -2.22. The van der Waals surface area contributed by atoms with Crippen LogP contribution in [0.5, 0.6) is 0 Å². The van der Waals surface area contributed by atoms with E-state index in [2.05, 4.69) is 25.3 Å². The van der Waals surface area contributed by atoms with Gasteiger partial charge in [0.2, 0.25) is 5.95 Å². The van der Waals surface area contributed by atoms with Gasteiger partial charge < -0.3 is 15.4 Å². The number of nitrogens with one attached hydrogen (secondary N) is 2. The van der Waals surface area contributed by atoms with Crippen molar-refractivity contribution in [2.75, 3.05) is 17.7 Å². The Morgan fingerprint density at radius 1 is 1.19 bits per heavy atom. The molecule has 2 aromatic rings. The molecule has 2 N–H and O–H groups in total. The van der Waals surface area contributed by atoms with E-state index in [0.29, 0.717) is 28.3 Å². The van der Waals surface area contributed by atoms with E-state index in [1.807, 2.05) is 0 Å². The number of carbonyl (C=O) groups is 2. The van der Waals surface area contributed by atoms with Gasteiger partial charge >= 0.3 is 5.97 Å². The van der Waals surface area contributed by atoms with Crippen molar-refractivity contribution in [2.24, 2.45) is 0 Å². The van der Waals surface area contributed by atoms with Gasteiger partial charge in [-0.1, -0.05) is 30.9 Å². The number of carbonyl (C=O) groups excluding carboxylic acids is 2. The van der Waals surface area contributed by atoms with Crippen molar-refractivity contribution < 1.29 is 14.3 Å². The van der Waals surface area contributed by atoms with Crippen molar-refractivity contribution >= 4 is 35.1 Å². The number of esters is 1. The van der Waals surface area contributed by atoms with Crippen LogP contribution in [0.15, 0.2) is 30.5 Å². The Morgan fingerprint density at radius 3 is 2.70 bits per heavy atom. The first-order valence-electron chi connectivity index (χ1n) is 8.85. The molecule has 0 radical (unpaired) electrons. The Morgan fingerprint density at radius 2 is 1.96 bits per heavy atom. The molecule has 0 unspecified atom stereocenters. The number of rotatable bonds is 5. The lowest BCUT2D eigenvalue weighted by Crippen LogP contribution is -2.24. The standard InChI is InChI=1S/C19H21ClN4O3/c1-27-18(26)12-7-8-14(20)16(11-12)23-17(25)15-9-10-21-19(24-15)22-13-5-3-2-4-6-13/h7-11,13H,2-6H2,1H3,(H,23,25)(H,21,22,24). The van der Waals surface area contributed by atoms with Gasteiger partial charge in [-0.2, -0.15) is 0 Å². The topological polar surface area (TPSA) is 93.2 Å². The maximum atomic E-state index is 12.6. The van der Waals surface area contributed by atoms with Crippen LogP contribution >= 0.6 is 11.6 Å². The first-order chi connectivity index (χ1) is 13.1. The number of aromatic nitrogens is 2. The molecular weight excluding hydrogens is 368 g/mol. The van der Waals surface area contributed by atoms with E-state index in [4.69, 9.17) is 11.6 Å². The monoisotopic (exact) mass is 388 g/mol. The van der Waals surface area contributed by atoms with E-state index in [-0.39, 0.29) is 5.69 Å². The molecule has 142 valence electrons. The van der Waals surface area contributed by atoms with Gasteiger partial charge in [0, 0.05) is 12.2 Å². The van der Waals surface area contributed by atoms with Gasteiger partial charge in [-0.05, 0) is 37.1 Å². The number of benzene rings is 1.